The molecule has 2 rings (SSSR count). The third-order valence-electron chi connectivity index (χ3n) is 3.20. The molecule has 1 aromatic rings. The monoisotopic (exact) mass is 315 g/mol. The predicted molar refractivity (Wildman–Crippen MR) is 76.6 cm³/mol. The summed E-state index contributed by atoms with van der Waals surface area (Å²) in [6, 6.07) is 2.17. The number of nitrogens with zero attached hydrogens (tertiary/aromatic N) is 1. The van der Waals surface area contributed by atoms with E-state index in [0.29, 0.717) is 11.3 Å². The molecule has 3 N–H and O–H groups in total. The van der Waals surface area contributed by atoms with E-state index in [-0.39, 0.29) is 0 Å². The number of rotatable bonds is 6. The molecule has 5 heteroatoms. The smallest absolute Gasteiger partial charge is 0.0911 e. The van der Waals surface area contributed by atoms with Crippen molar-refractivity contribution in [2.45, 2.75) is 25.8 Å². The van der Waals surface area contributed by atoms with Crippen molar-refractivity contribution in [3.63, 3.8) is 0 Å². The maximum absolute atomic E-state index is 7.41. The fourth-order valence-electron chi connectivity index (χ4n) is 2.34. The molecule has 0 aliphatic heterocycles. The lowest BCUT2D eigenvalue weighted by Crippen LogP contribution is -2.29. The zero-order valence-corrected chi connectivity index (χ0v) is 12.4. The molecule has 0 spiro atoms. The Labute approximate surface area is 115 Å². The molecule has 0 atom stereocenters. The van der Waals surface area contributed by atoms with Crippen LogP contribution in [-0.2, 0) is 6.54 Å². The van der Waals surface area contributed by atoms with Gasteiger partial charge in [0.05, 0.1) is 9.62 Å². The van der Waals surface area contributed by atoms with Crippen molar-refractivity contribution in [3.05, 3.63) is 20.8 Å². The highest BCUT2D eigenvalue weighted by atomic mass is 79.9. The van der Waals surface area contributed by atoms with E-state index < -0.39 is 0 Å². The first-order valence-corrected chi connectivity index (χ1v) is 7.41. The first kappa shape index (κ1) is 13.1. The highest BCUT2D eigenvalue weighted by Crippen LogP contribution is 2.49. The Morgan fingerprint density at radius 2 is 2.35 bits per heavy atom. The molecule has 94 valence electrons. The summed E-state index contributed by atoms with van der Waals surface area (Å²) < 4.78 is 1.19. The highest BCUT2D eigenvalue weighted by Gasteiger charge is 2.43. The standard InChI is InChI=1S/C12H18BrN3S/c1-16(6-9-4-10(13)17-7-9)8-12(2-3-12)5-11(14)15/h4,7H,2-3,5-6,8H2,1H3,(H3,14,15). The molecule has 0 aromatic carbocycles. The van der Waals surface area contributed by atoms with Crippen molar-refractivity contribution in [1.29, 1.82) is 5.41 Å². The van der Waals surface area contributed by atoms with Crippen molar-refractivity contribution >= 4 is 33.1 Å². The number of thiophene rings is 1. The largest absolute Gasteiger partial charge is 0.388 e. The van der Waals surface area contributed by atoms with Gasteiger partial charge in [0.1, 0.15) is 0 Å². The van der Waals surface area contributed by atoms with Gasteiger partial charge in [0.2, 0.25) is 0 Å². The molecule has 0 unspecified atom stereocenters. The number of amidine groups is 1. The first-order valence-electron chi connectivity index (χ1n) is 5.73. The van der Waals surface area contributed by atoms with Gasteiger partial charge >= 0.3 is 0 Å². The Morgan fingerprint density at radius 3 is 2.82 bits per heavy atom. The molecule has 1 saturated carbocycles. The minimum absolute atomic E-state index is 0.299. The summed E-state index contributed by atoms with van der Waals surface area (Å²) in [5.74, 6) is 0.328. The molecule has 17 heavy (non-hydrogen) atoms. The average Bonchev–Trinajstić information content (AvgIpc) is 2.80. The van der Waals surface area contributed by atoms with Crippen LogP contribution in [-0.4, -0.2) is 24.3 Å². The fourth-order valence-corrected chi connectivity index (χ4v) is 3.54. The topological polar surface area (TPSA) is 53.1 Å². The van der Waals surface area contributed by atoms with Crippen molar-refractivity contribution in [3.8, 4) is 0 Å². The van der Waals surface area contributed by atoms with Crippen LogP contribution in [0.5, 0.6) is 0 Å². The number of halogens is 1. The van der Waals surface area contributed by atoms with Gasteiger partial charge in [0.25, 0.3) is 0 Å². The van der Waals surface area contributed by atoms with Crippen LogP contribution in [0.2, 0.25) is 0 Å². The van der Waals surface area contributed by atoms with Gasteiger partial charge in [-0.05, 0) is 58.2 Å². The molecule has 0 amide bonds. The summed E-state index contributed by atoms with van der Waals surface area (Å²) in [5.41, 5.74) is 7.16. The van der Waals surface area contributed by atoms with Crippen LogP contribution in [0, 0.1) is 10.8 Å². The number of nitrogens with one attached hydrogen (secondary N) is 1. The minimum Gasteiger partial charge on any atom is -0.388 e. The van der Waals surface area contributed by atoms with Gasteiger partial charge in [-0.1, -0.05) is 0 Å². The molecule has 1 aromatic heterocycles. The molecule has 0 saturated heterocycles. The summed E-state index contributed by atoms with van der Waals surface area (Å²) in [7, 11) is 2.14. The first-order chi connectivity index (χ1) is 7.99. The second-order valence-corrected chi connectivity index (χ2v) is 7.42. The Bertz CT molecular complexity index is 412. The predicted octanol–water partition coefficient (Wildman–Crippen LogP) is 3.05. The molecule has 1 fully saturated rings. The number of hydrogen-bond acceptors (Lipinski definition) is 3. The van der Waals surface area contributed by atoms with E-state index in [9.17, 15) is 0 Å². The fraction of sp³-hybridized carbons (Fsp3) is 0.583. The van der Waals surface area contributed by atoms with E-state index in [0.717, 1.165) is 19.5 Å². The Kier molecular flexibility index (Phi) is 3.90. The van der Waals surface area contributed by atoms with Crippen LogP contribution in [0.1, 0.15) is 24.8 Å². The van der Waals surface area contributed by atoms with Crippen molar-refractivity contribution in [2.24, 2.45) is 11.1 Å². The van der Waals surface area contributed by atoms with Gasteiger partial charge in [-0.15, -0.1) is 11.3 Å². The zero-order chi connectivity index (χ0) is 12.5. The molecular formula is C12H18BrN3S. The van der Waals surface area contributed by atoms with Crippen LogP contribution >= 0.6 is 27.3 Å². The van der Waals surface area contributed by atoms with E-state index in [4.69, 9.17) is 11.1 Å². The van der Waals surface area contributed by atoms with Gasteiger partial charge in [0, 0.05) is 19.5 Å². The molecular weight excluding hydrogens is 298 g/mol. The third kappa shape index (κ3) is 3.79. The van der Waals surface area contributed by atoms with Gasteiger partial charge in [0.15, 0.2) is 0 Å². The summed E-state index contributed by atoms with van der Waals surface area (Å²) in [6.45, 7) is 2.02. The van der Waals surface area contributed by atoms with Gasteiger partial charge < -0.3 is 10.6 Å². The van der Waals surface area contributed by atoms with Crippen LogP contribution < -0.4 is 5.73 Å². The molecule has 1 aliphatic carbocycles. The van der Waals surface area contributed by atoms with Crippen LogP contribution in [0.25, 0.3) is 0 Å². The van der Waals surface area contributed by atoms with E-state index in [1.54, 1.807) is 11.3 Å². The van der Waals surface area contributed by atoms with Crippen molar-refractivity contribution in [2.75, 3.05) is 13.6 Å². The lowest BCUT2D eigenvalue weighted by molar-refractivity contribution is 0.259. The minimum atomic E-state index is 0.299. The summed E-state index contributed by atoms with van der Waals surface area (Å²) >= 11 is 5.21. The van der Waals surface area contributed by atoms with Gasteiger partial charge in [-0.2, -0.15) is 0 Å². The summed E-state index contributed by atoms with van der Waals surface area (Å²) in [4.78, 5) is 2.34. The normalized spacial score (nSPS) is 17.4. The second kappa shape index (κ2) is 5.08. The molecule has 1 aliphatic rings. The molecule has 0 radical (unpaired) electrons. The Morgan fingerprint density at radius 1 is 1.65 bits per heavy atom. The molecule has 0 bridgehead atoms. The maximum Gasteiger partial charge on any atom is 0.0911 e. The van der Waals surface area contributed by atoms with Crippen LogP contribution in [0.4, 0.5) is 0 Å². The van der Waals surface area contributed by atoms with E-state index in [2.05, 4.69) is 39.3 Å². The van der Waals surface area contributed by atoms with E-state index in [1.807, 2.05) is 0 Å². The maximum atomic E-state index is 7.41. The molecule has 3 nitrogen and oxygen atoms in total. The Hall–Kier alpha value is -0.390. The lowest BCUT2D eigenvalue weighted by Gasteiger charge is -2.22. The van der Waals surface area contributed by atoms with Crippen molar-refractivity contribution < 1.29 is 0 Å². The number of nitrogens with two attached hydrogens (primary N) is 1. The van der Waals surface area contributed by atoms with Crippen molar-refractivity contribution in [1.82, 2.24) is 4.90 Å². The number of hydrogen-bond donors (Lipinski definition) is 2. The summed E-state index contributed by atoms with van der Waals surface area (Å²) in [6.07, 6.45) is 3.18. The van der Waals surface area contributed by atoms with Gasteiger partial charge in [-0.25, -0.2) is 0 Å². The van der Waals surface area contributed by atoms with Crippen LogP contribution in [0.15, 0.2) is 15.2 Å². The van der Waals surface area contributed by atoms with Crippen LogP contribution in [0.3, 0.4) is 0 Å². The molecule has 1 heterocycles. The zero-order valence-electron chi connectivity index (χ0n) is 10.0. The van der Waals surface area contributed by atoms with E-state index in [1.165, 1.54) is 22.2 Å². The average molecular weight is 316 g/mol. The Balaban J connectivity index is 1.85. The summed E-state index contributed by atoms with van der Waals surface area (Å²) in [5, 5.41) is 9.60. The second-order valence-electron chi connectivity index (χ2n) is 5.13. The van der Waals surface area contributed by atoms with Gasteiger partial charge in [-0.3, -0.25) is 5.41 Å². The third-order valence-corrected chi connectivity index (χ3v) is 4.76. The highest BCUT2D eigenvalue weighted by molar-refractivity contribution is 9.11. The quantitative estimate of drug-likeness (QED) is 0.626. The van der Waals surface area contributed by atoms with E-state index >= 15 is 0 Å². The SMILES string of the molecule is CN(Cc1csc(Br)c1)CC1(CC(=N)N)CC1. The lowest BCUT2D eigenvalue weighted by atomic mass is 10.0.